The molecule has 0 fully saturated rings. The second-order valence-corrected chi connectivity index (χ2v) is 7.99. The van der Waals surface area contributed by atoms with Crippen LogP contribution >= 0.6 is 34.7 Å². The van der Waals surface area contributed by atoms with Gasteiger partial charge in [-0.1, -0.05) is 41.1 Å². The van der Waals surface area contributed by atoms with E-state index in [1.54, 1.807) is 11.8 Å². The molecule has 0 aliphatic heterocycles. The first-order valence-electron chi connectivity index (χ1n) is 8.20. The van der Waals surface area contributed by atoms with E-state index >= 15 is 0 Å². The van der Waals surface area contributed by atoms with E-state index in [9.17, 15) is 4.79 Å². The molecule has 0 N–H and O–H groups in total. The van der Waals surface area contributed by atoms with Crippen LogP contribution in [0, 0.1) is 0 Å². The third kappa shape index (κ3) is 4.90. The van der Waals surface area contributed by atoms with Crippen molar-refractivity contribution < 1.29 is 9.53 Å². The highest BCUT2D eigenvalue weighted by atomic mass is 35.5. The van der Waals surface area contributed by atoms with Gasteiger partial charge in [-0.25, -0.2) is 0 Å². The number of carbonyl (C=O) groups is 1. The second-order valence-electron chi connectivity index (χ2n) is 5.56. The number of thiazole rings is 1. The van der Waals surface area contributed by atoms with E-state index < -0.39 is 0 Å². The molecule has 1 amide bonds. The molecule has 7 heteroatoms. The maximum atomic E-state index is 12.3. The summed E-state index contributed by atoms with van der Waals surface area (Å²) in [6.45, 7) is 1.11. The summed E-state index contributed by atoms with van der Waals surface area (Å²) in [5.74, 6) is 1.52. The van der Waals surface area contributed by atoms with E-state index in [0.717, 1.165) is 28.3 Å². The summed E-state index contributed by atoms with van der Waals surface area (Å²) in [5, 5.41) is 0.685. The molecule has 26 heavy (non-hydrogen) atoms. The topological polar surface area (TPSA) is 43.6 Å². The maximum absolute atomic E-state index is 12.3. The lowest BCUT2D eigenvalue weighted by Crippen LogP contribution is -2.18. The molecule has 4 nitrogen and oxygen atoms in total. The Kier molecular flexibility index (Phi) is 6.77. The van der Waals surface area contributed by atoms with Crippen LogP contribution < -0.4 is 9.54 Å². The molecule has 136 valence electrons. The smallest absolute Gasteiger partial charge is 0.251 e. The quantitative estimate of drug-likeness (QED) is 0.575. The van der Waals surface area contributed by atoms with Crippen LogP contribution in [0.25, 0.3) is 10.2 Å². The van der Waals surface area contributed by atoms with Crippen molar-refractivity contribution in [3.05, 3.63) is 58.4 Å². The molecule has 0 bridgehead atoms. The van der Waals surface area contributed by atoms with Crippen molar-refractivity contribution in [1.82, 2.24) is 4.57 Å². The molecule has 0 aliphatic carbocycles. The summed E-state index contributed by atoms with van der Waals surface area (Å²) in [5.41, 5.74) is 1.06. The number of aryl methyl sites for hydroxylation is 1. The lowest BCUT2D eigenvalue weighted by molar-refractivity contribution is -0.118. The van der Waals surface area contributed by atoms with E-state index in [1.807, 2.05) is 48.5 Å². The molecule has 0 unspecified atom stereocenters. The van der Waals surface area contributed by atoms with E-state index in [2.05, 4.69) is 15.8 Å². The summed E-state index contributed by atoms with van der Waals surface area (Å²) >= 11 is 9.35. The molecular formula is C19H19ClN2O2S2. The highest BCUT2D eigenvalue weighted by Gasteiger charge is 2.09. The Balaban J connectivity index is 1.77. The van der Waals surface area contributed by atoms with Crippen molar-refractivity contribution in [3.8, 4) is 5.75 Å². The number of halogens is 1. The van der Waals surface area contributed by atoms with Gasteiger partial charge in [0.2, 0.25) is 0 Å². The molecule has 0 radical (unpaired) electrons. The van der Waals surface area contributed by atoms with Gasteiger partial charge in [0.05, 0.1) is 23.2 Å². The Bertz CT molecular complexity index is 951. The van der Waals surface area contributed by atoms with Crippen molar-refractivity contribution in [3.63, 3.8) is 0 Å². The third-order valence-corrected chi connectivity index (χ3v) is 5.58. The number of amides is 1. The van der Waals surface area contributed by atoms with Gasteiger partial charge in [0, 0.05) is 17.3 Å². The van der Waals surface area contributed by atoms with Crippen LogP contribution in [0.2, 0.25) is 5.02 Å². The fraction of sp³-hybridized carbons (Fsp3) is 0.263. The number of benzene rings is 2. The number of thioether (sulfide) groups is 1. The van der Waals surface area contributed by atoms with E-state index in [4.69, 9.17) is 16.3 Å². The minimum absolute atomic E-state index is 0.184. The first-order valence-corrected chi connectivity index (χ1v) is 10.8. The van der Waals surface area contributed by atoms with Crippen LogP contribution in [0.4, 0.5) is 0 Å². The second kappa shape index (κ2) is 9.26. The predicted molar refractivity (Wildman–Crippen MR) is 110 cm³/mol. The number of carbonyl (C=O) groups excluding carboxylic acids is 1. The van der Waals surface area contributed by atoms with E-state index in [-0.39, 0.29) is 12.3 Å². The molecule has 2 aromatic carbocycles. The summed E-state index contributed by atoms with van der Waals surface area (Å²) in [6.07, 6.45) is 2.31. The predicted octanol–water partition coefficient (Wildman–Crippen LogP) is 4.62. The van der Waals surface area contributed by atoms with Gasteiger partial charge in [-0.05, 0) is 36.6 Å². The van der Waals surface area contributed by atoms with E-state index in [0.29, 0.717) is 16.4 Å². The molecular weight excluding hydrogens is 388 g/mol. The van der Waals surface area contributed by atoms with Crippen molar-refractivity contribution in [2.45, 2.75) is 13.0 Å². The monoisotopic (exact) mass is 406 g/mol. The minimum Gasteiger partial charge on any atom is -0.493 e. The van der Waals surface area contributed by atoms with Crippen molar-refractivity contribution in [1.29, 1.82) is 0 Å². The fourth-order valence-electron chi connectivity index (χ4n) is 2.47. The Morgan fingerprint density at radius 1 is 1.27 bits per heavy atom. The Labute approximate surface area is 165 Å². The Hall–Kier alpha value is -1.76. The first kappa shape index (κ1) is 19.0. The maximum Gasteiger partial charge on any atom is 0.251 e. The normalized spacial score (nSPS) is 11.8. The largest absolute Gasteiger partial charge is 0.493 e. The zero-order valence-electron chi connectivity index (χ0n) is 14.4. The van der Waals surface area contributed by atoms with Crippen molar-refractivity contribution in [2.75, 3.05) is 18.6 Å². The van der Waals surface area contributed by atoms with Gasteiger partial charge in [0.25, 0.3) is 5.91 Å². The zero-order valence-corrected chi connectivity index (χ0v) is 16.7. The number of fused-ring (bicyclic) bond motifs is 1. The molecule has 0 spiro atoms. The highest BCUT2D eigenvalue weighted by molar-refractivity contribution is 7.98. The molecule has 0 saturated heterocycles. The van der Waals surface area contributed by atoms with Gasteiger partial charge in [-0.2, -0.15) is 16.8 Å². The van der Waals surface area contributed by atoms with Crippen LogP contribution in [0.15, 0.2) is 53.5 Å². The van der Waals surface area contributed by atoms with Gasteiger partial charge in [-0.15, -0.1) is 0 Å². The Morgan fingerprint density at radius 2 is 2.08 bits per heavy atom. The van der Waals surface area contributed by atoms with Crippen LogP contribution in [0.3, 0.4) is 0 Å². The number of hydrogen-bond acceptors (Lipinski definition) is 4. The molecule has 1 aromatic heterocycles. The van der Waals surface area contributed by atoms with Crippen molar-refractivity contribution >= 4 is 50.8 Å². The number of para-hydroxylation sites is 1. The van der Waals surface area contributed by atoms with Crippen LogP contribution in [-0.4, -0.2) is 29.1 Å². The SMILES string of the molecule is CSCCn1c(=NC(=O)CCOc2ccccc2)sc2cc(Cl)ccc21. The minimum atomic E-state index is -0.184. The number of nitrogens with zero attached hydrogens (tertiary/aromatic N) is 2. The summed E-state index contributed by atoms with van der Waals surface area (Å²) < 4.78 is 8.70. The van der Waals surface area contributed by atoms with E-state index in [1.165, 1.54) is 11.3 Å². The van der Waals surface area contributed by atoms with Gasteiger partial charge < -0.3 is 9.30 Å². The summed E-state index contributed by atoms with van der Waals surface area (Å²) in [4.78, 5) is 17.3. The first-order chi connectivity index (χ1) is 12.7. The van der Waals surface area contributed by atoms with Crippen LogP contribution in [0.5, 0.6) is 5.75 Å². The van der Waals surface area contributed by atoms with Crippen molar-refractivity contribution in [2.24, 2.45) is 4.99 Å². The van der Waals surface area contributed by atoms with Crippen LogP contribution in [-0.2, 0) is 11.3 Å². The molecule has 0 saturated carbocycles. The average Bonchev–Trinajstić information content (AvgIpc) is 2.96. The molecule has 3 aromatic rings. The van der Waals surface area contributed by atoms with Crippen LogP contribution in [0.1, 0.15) is 6.42 Å². The molecule has 3 rings (SSSR count). The average molecular weight is 407 g/mol. The summed E-state index contributed by atoms with van der Waals surface area (Å²) in [7, 11) is 0. The van der Waals surface area contributed by atoms with Gasteiger partial charge in [-0.3, -0.25) is 4.79 Å². The molecule has 1 heterocycles. The lowest BCUT2D eigenvalue weighted by atomic mass is 10.3. The number of rotatable bonds is 7. The van der Waals surface area contributed by atoms with Gasteiger partial charge in [0.1, 0.15) is 5.75 Å². The number of aromatic nitrogens is 1. The summed E-state index contributed by atoms with van der Waals surface area (Å²) in [6, 6.07) is 15.2. The third-order valence-electron chi connectivity index (χ3n) is 3.71. The number of ether oxygens (including phenoxy) is 1. The number of hydrogen-bond donors (Lipinski definition) is 0. The van der Waals surface area contributed by atoms with Gasteiger partial charge in [0.15, 0.2) is 4.80 Å². The Morgan fingerprint density at radius 3 is 2.85 bits per heavy atom. The molecule has 0 atom stereocenters. The molecule has 0 aliphatic rings. The fourth-order valence-corrected chi connectivity index (χ4v) is 4.18. The standard InChI is InChI=1S/C19H19ClN2O2S2/c1-25-12-10-22-16-8-7-14(20)13-17(16)26-19(22)21-18(23)9-11-24-15-5-3-2-4-6-15/h2-8,13H,9-12H2,1H3. The zero-order chi connectivity index (χ0) is 18.4. The lowest BCUT2D eigenvalue weighted by Gasteiger charge is -2.04. The highest BCUT2D eigenvalue weighted by Crippen LogP contribution is 2.22. The van der Waals surface area contributed by atoms with Gasteiger partial charge >= 0.3 is 0 Å².